The monoisotopic (exact) mass is 1140 g/mol. The Morgan fingerprint density at radius 3 is 1.70 bits per heavy atom. The van der Waals surface area contributed by atoms with Gasteiger partial charge in [-0.25, -0.2) is 0 Å². The number of nitrogens with zero attached hydrogens (tertiary/aromatic N) is 3. The first-order valence-corrected chi connectivity index (χ1v) is 31.6. The Balaban J connectivity index is 0.972. The van der Waals surface area contributed by atoms with Gasteiger partial charge in [0.15, 0.2) is 8.07 Å². The number of para-hydroxylation sites is 3. The van der Waals surface area contributed by atoms with Crippen molar-refractivity contribution < 1.29 is 21.6 Å². The molecule has 13 rings (SSSR count). The van der Waals surface area contributed by atoms with Gasteiger partial charge in [-0.05, 0) is 137 Å². The fourth-order valence-corrected chi connectivity index (χ4v) is 17.1. The molecule has 11 aromatic carbocycles. The Labute approximate surface area is 522 Å². The molecule has 0 atom stereocenters. The largest absolute Gasteiger partial charge is 0.458 e. The van der Waals surface area contributed by atoms with Gasteiger partial charge in [0, 0.05) is 28.0 Å². The summed E-state index contributed by atoms with van der Waals surface area (Å²) in [6.07, 6.45) is -0.0799. The van der Waals surface area contributed by atoms with Crippen molar-refractivity contribution in [2.45, 2.75) is 80.5 Å². The average molecular weight is 1140 g/mol. The minimum Gasteiger partial charge on any atom is -0.458 e. The molecule has 0 aliphatic rings. The second kappa shape index (κ2) is 22.3. The summed E-state index contributed by atoms with van der Waals surface area (Å²) in [5, 5.41) is 6.83. The second-order valence-corrected chi connectivity index (χ2v) is 29.3. The summed E-state index contributed by atoms with van der Waals surface area (Å²) in [5.74, 6) is 1.08. The van der Waals surface area contributed by atoms with Gasteiger partial charge in [-0.2, -0.15) is 0 Å². The highest BCUT2D eigenvalue weighted by atomic mass is 28.3. The molecule has 2 aromatic heterocycles. The van der Waals surface area contributed by atoms with Crippen LogP contribution < -0.4 is 30.1 Å². The molecule has 0 aliphatic carbocycles. The minimum atomic E-state index is -3.03. The highest BCUT2D eigenvalue weighted by molar-refractivity contribution is 7.19. The number of benzene rings is 11. The summed E-state index contributed by atoms with van der Waals surface area (Å²) < 4.78 is 96.3. The zero-order chi connectivity index (χ0) is 67.3. The van der Waals surface area contributed by atoms with Crippen LogP contribution in [0, 0.1) is 17.2 Å². The van der Waals surface area contributed by atoms with Gasteiger partial charge in [-0.3, -0.25) is 9.13 Å². The Bertz CT molecular complexity index is 4990. The molecule has 5 heteroatoms. The molecule has 13 aromatic rings. The minimum absolute atomic E-state index is 0.0601. The molecule has 424 valence electrons. The van der Waals surface area contributed by atoms with Gasteiger partial charge in [0.05, 0.1) is 40.3 Å². The summed E-state index contributed by atoms with van der Waals surface area (Å²) in [6, 6.07) is 79.0. The van der Waals surface area contributed by atoms with Crippen LogP contribution in [-0.4, -0.2) is 17.2 Å². The van der Waals surface area contributed by atoms with Crippen molar-refractivity contribution in [3.8, 4) is 50.8 Å². The van der Waals surface area contributed by atoms with Crippen LogP contribution in [-0.2, 0) is 18.2 Å². The highest BCUT2D eigenvalue weighted by Crippen LogP contribution is 2.40. The van der Waals surface area contributed by atoms with E-state index in [0.29, 0.717) is 28.4 Å². The standard InChI is InChI=1S/C81H75N3OSi/c1-79(2,3)54-59-49-63(44-46-70(59)57-28-14-10-15-29-57)84-74-41-23-22-40-71(74)72-47-45-65(53-77(72)84)85-64-32-27-31-62(52-64)82-56-83(76-43-25-24-42-75(76)82)78-60(55-80(4,5)6)48-61(81(7,8)9)51-73(78)58-30-26-39-69(50-58)86(66-33-16-11-17-34-66,67-35-18-12-19-36-67)68-37-20-13-21-38-68/h10-53H,54-55H2,1-9H3/i10D,14D,15D,28D,29D,54D2,55D2. The molecule has 0 saturated heterocycles. The second-order valence-electron chi connectivity index (χ2n) is 25.5. The predicted octanol–water partition coefficient (Wildman–Crippen LogP) is 17.8. The van der Waals surface area contributed by atoms with Crippen LogP contribution in [0.5, 0.6) is 11.5 Å². The van der Waals surface area contributed by atoms with E-state index in [1.807, 2.05) is 110 Å². The molecule has 4 nitrogen and oxygen atoms in total. The molecule has 0 saturated carbocycles. The van der Waals surface area contributed by atoms with E-state index in [2.05, 4.69) is 176 Å². The molecule has 0 spiro atoms. The fraction of sp³-hybridized carbons (Fsp3) is 0.173. The molecule has 0 radical (unpaired) electrons. The van der Waals surface area contributed by atoms with E-state index in [9.17, 15) is 5.48 Å². The normalized spacial score (nSPS) is 14.2. The van der Waals surface area contributed by atoms with E-state index < -0.39 is 61.9 Å². The van der Waals surface area contributed by atoms with Crippen LogP contribution in [0.4, 0.5) is 0 Å². The Hall–Kier alpha value is -9.29. The van der Waals surface area contributed by atoms with Crippen molar-refractivity contribution in [2.24, 2.45) is 10.8 Å². The van der Waals surface area contributed by atoms with E-state index >= 15 is 0 Å². The number of aromatic nitrogens is 3. The molecule has 0 amide bonds. The van der Waals surface area contributed by atoms with Crippen molar-refractivity contribution in [1.82, 2.24) is 9.13 Å². The Morgan fingerprint density at radius 1 is 0.453 bits per heavy atom. The van der Waals surface area contributed by atoms with E-state index in [-0.39, 0.29) is 22.1 Å². The quantitative estimate of drug-likeness (QED) is 0.0488. The summed E-state index contributed by atoms with van der Waals surface area (Å²) >= 11 is 0. The molecule has 0 unspecified atom stereocenters. The van der Waals surface area contributed by atoms with E-state index in [1.54, 1.807) is 32.9 Å². The Morgan fingerprint density at radius 2 is 1.03 bits per heavy atom. The molecular weight excluding hydrogens is 1060 g/mol. The number of fused-ring (bicyclic) bond motifs is 4. The van der Waals surface area contributed by atoms with Crippen molar-refractivity contribution in [3.05, 3.63) is 290 Å². The number of hydrogen-bond donors (Lipinski definition) is 0. The summed E-state index contributed by atoms with van der Waals surface area (Å²) in [5.41, 5.74) is 6.92. The number of ether oxygens (including phenoxy) is 1. The first-order chi connectivity index (χ1) is 45.1. The summed E-state index contributed by atoms with van der Waals surface area (Å²) in [4.78, 5) is 0. The fourth-order valence-electron chi connectivity index (χ4n) is 12.3. The lowest BCUT2D eigenvalue weighted by molar-refractivity contribution is -0.572. The van der Waals surface area contributed by atoms with Crippen molar-refractivity contribution in [2.75, 3.05) is 0 Å². The van der Waals surface area contributed by atoms with Crippen LogP contribution >= 0.6 is 0 Å². The van der Waals surface area contributed by atoms with Crippen LogP contribution in [0.25, 0.3) is 72.2 Å². The maximum atomic E-state index is 10.3. The molecular formula is C81H75N3OSi. The molecule has 0 N–H and O–H groups in total. The molecule has 0 fully saturated rings. The van der Waals surface area contributed by atoms with Gasteiger partial charge in [0.2, 0.25) is 0 Å². The SMILES string of the molecule is [2H]c1c([2H])c([2H])c(-c2ccc(-n3c4ccccc4c4ccc(Oc5cccc(-n6[c-][n+](-c7c(-c8cccc([Si](c9ccccc9)(c9ccccc9)c9ccccc9)c8)cc(C(C)(C)C)cc7C([2H])([2H])C(C)(C)C)c7ccccc76)c5)cc43)cc2C([2H])([2H])C(C)(C)C)c([2H])c1[2H]. The van der Waals surface area contributed by atoms with Crippen LogP contribution in [0.2, 0.25) is 0 Å². The van der Waals surface area contributed by atoms with Crippen molar-refractivity contribution >= 4 is 61.7 Å². The van der Waals surface area contributed by atoms with Gasteiger partial charge in [-0.15, -0.1) is 0 Å². The first kappa shape index (κ1) is 46.1. The van der Waals surface area contributed by atoms with Gasteiger partial charge in [0.1, 0.15) is 11.5 Å². The zero-order valence-corrected chi connectivity index (χ0v) is 51.3. The van der Waals surface area contributed by atoms with Gasteiger partial charge in [-0.1, -0.05) is 275 Å². The van der Waals surface area contributed by atoms with Gasteiger partial charge >= 0.3 is 0 Å². The van der Waals surface area contributed by atoms with Crippen molar-refractivity contribution in [1.29, 1.82) is 0 Å². The van der Waals surface area contributed by atoms with E-state index in [1.165, 1.54) is 20.7 Å². The smallest absolute Gasteiger partial charge is 0.269 e. The zero-order valence-electron chi connectivity index (χ0n) is 59.3. The van der Waals surface area contributed by atoms with Crippen LogP contribution in [0.1, 0.15) is 91.3 Å². The topological polar surface area (TPSA) is 23.0 Å². The Kier molecular flexibility index (Phi) is 11.9. The predicted molar refractivity (Wildman–Crippen MR) is 364 cm³/mol. The lowest BCUT2D eigenvalue weighted by Crippen LogP contribution is -2.74. The molecule has 2 heterocycles. The molecule has 0 aliphatic heterocycles. The summed E-state index contributed by atoms with van der Waals surface area (Å²) in [6.45, 7) is 17.9. The summed E-state index contributed by atoms with van der Waals surface area (Å²) in [7, 11) is -3.03. The van der Waals surface area contributed by atoms with Crippen molar-refractivity contribution in [3.63, 3.8) is 0 Å². The van der Waals surface area contributed by atoms with Gasteiger partial charge in [0.25, 0.3) is 6.33 Å². The third kappa shape index (κ3) is 10.7. The number of hydrogen-bond acceptors (Lipinski definition) is 1. The van der Waals surface area contributed by atoms with Gasteiger partial charge < -0.3 is 9.30 Å². The lowest BCUT2D eigenvalue weighted by atomic mass is 9.80. The molecule has 0 bridgehead atoms. The first-order valence-electron chi connectivity index (χ1n) is 34.1. The number of imidazole rings is 1. The van der Waals surface area contributed by atoms with E-state index in [4.69, 9.17) is 11.6 Å². The van der Waals surface area contributed by atoms with Crippen LogP contribution in [0.3, 0.4) is 0 Å². The number of rotatable bonds is 13. The van der Waals surface area contributed by atoms with Crippen LogP contribution in [0.15, 0.2) is 267 Å². The lowest BCUT2D eigenvalue weighted by Gasteiger charge is -2.35. The maximum Gasteiger partial charge on any atom is 0.269 e. The molecule has 86 heavy (non-hydrogen) atoms. The average Bonchev–Trinajstić information content (AvgIpc) is 1.64. The van der Waals surface area contributed by atoms with E-state index in [0.717, 1.165) is 55.2 Å². The highest BCUT2D eigenvalue weighted by Gasteiger charge is 2.41. The maximum absolute atomic E-state index is 10.3. The third-order valence-corrected chi connectivity index (χ3v) is 20.8. The third-order valence-electron chi connectivity index (χ3n) is 16.0.